The zero-order valence-corrected chi connectivity index (χ0v) is 12.4. The number of aromatic nitrogens is 2. The predicted octanol–water partition coefficient (Wildman–Crippen LogP) is 2.86. The molecule has 1 fully saturated rings. The summed E-state index contributed by atoms with van der Waals surface area (Å²) in [5.41, 5.74) is 8.50. The molecule has 0 saturated heterocycles. The van der Waals surface area contributed by atoms with Crippen molar-refractivity contribution >= 4 is 5.69 Å². The molecule has 0 unspecified atom stereocenters. The molecule has 21 heavy (non-hydrogen) atoms. The average Bonchev–Trinajstić information content (AvgIpc) is 3.01. The summed E-state index contributed by atoms with van der Waals surface area (Å²) < 4.78 is 16.7. The van der Waals surface area contributed by atoms with E-state index in [9.17, 15) is 9.18 Å². The van der Waals surface area contributed by atoms with Crippen LogP contribution in [0.2, 0.25) is 0 Å². The molecule has 1 aromatic heterocycles. The first kappa shape index (κ1) is 13.9. The molecule has 3 rings (SSSR count). The second-order valence-electron chi connectivity index (χ2n) is 5.85. The summed E-state index contributed by atoms with van der Waals surface area (Å²) in [6.07, 6.45) is 4.51. The smallest absolute Gasteiger partial charge is 0.294 e. The Balaban J connectivity index is 2.19. The van der Waals surface area contributed by atoms with Crippen LogP contribution in [-0.2, 0) is 7.05 Å². The van der Waals surface area contributed by atoms with Gasteiger partial charge in [0.2, 0.25) is 0 Å². The van der Waals surface area contributed by atoms with E-state index in [4.69, 9.17) is 5.73 Å². The molecule has 1 aromatic carbocycles. The van der Waals surface area contributed by atoms with Crippen molar-refractivity contribution in [3.05, 3.63) is 45.6 Å². The van der Waals surface area contributed by atoms with Gasteiger partial charge in [0.15, 0.2) is 0 Å². The number of rotatable bonds is 2. The highest BCUT2D eigenvalue weighted by Gasteiger charge is 2.26. The standard InChI is InChI=1S/C16H20FN3O/c1-10-9-12(17)7-8-13(10)20-16(21)14(18)15(19(20)2)11-5-3-4-6-11/h7-9,11H,3-6,18H2,1-2H3. The van der Waals surface area contributed by atoms with Crippen LogP contribution in [0.1, 0.15) is 42.9 Å². The fraction of sp³-hybridized carbons (Fsp3) is 0.438. The molecule has 2 aromatic rings. The monoisotopic (exact) mass is 289 g/mol. The minimum atomic E-state index is -0.303. The maximum atomic E-state index is 13.3. The van der Waals surface area contributed by atoms with E-state index in [0.29, 0.717) is 17.3 Å². The number of nitrogen functional groups attached to an aromatic ring is 1. The van der Waals surface area contributed by atoms with Crippen LogP contribution in [0.3, 0.4) is 0 Å². The van der Waals surface area contributed by atoms with Crippen molar-refractivity contribution in [2.24, 2.45) is 7.05 Å². The Morgan fingerprint density at radius 2 is 1.95 bits per heavy atom. The SMILES string of the molecule is Cc1cc(F)ccc1-n1c(=O)c(N)c(C2CCCC2)n1C. The topological polar surface area (TPSA) is 52.9 Å². The van der Waals surface area contributed by atoms with Crippen LogP contribution in [0.4, 0.5) is 10.1 Å². The van der Waals surface area contributed by atoms with Gasteiger partial charge in [0.1, 0.15) is 11.5 Å². The van der Waals surface area contributed by atoms with Crippen LogP contribution in [0, 0.1) is 12.7 Å². The Morgan fingerprint density at radius 3 is 2.57 bits per heavy atom. The summed E-state index contributed by atoms with van der Waals surface area (Å²) in [4.78, 5) is 12.5. The first-order valence-corrected chi connectivity index (χ1v) is 7.34. The highest BCUT2D eigenvalue weighted by molar-refractivity contribution is 5.49. The lowest BCUT2D eigenvalue weighted by Crippen LogP contribution is -2.21. The summed E-state index contributed by atoms with van der Waals surface area (Å²) in [7, 11) is 1.86. The van der Waals surface area contributed by atoms with Crippen LogP contribution in [0.15, 0.2) is 23.0 Å². The lowest BCUT2D eigenvalue weighted by molar-refractivity contribution is 0.565. The van der Waals surface area contributed by atoms with Crippen LogP contribution in [0.25, 0.3) is 5.69 Å². The minimum Gasteiger partial charge on any atom is -0.393 e. The largest absolute Gasteiger partial charge is 0.393 e. The number of benzene rings is 1. The zero-order valence-electron chi connectivity index (χ0n) is 12.4. The number of hydrogen-bond acceptors (Lipinski definition) is 2. The molecule has 0 spiro atoms. The van der Waals surface area contributed by atoms with Crippen molar-refractivity contribution in [2.45, 2.75) is 38.5 Å². The molecule has 1 aliphatic rings. The highest BCUT2D eigenvalue weighted by Crippen LogP contribution is 2.36. The number of aryl methyl sites for hydroxylation is 1. The van der Waals surface area contributed by atoms with Crippen LogP contribution in [0.5, 0.6) is 0 Å². The third-order valence-corrected chi connectivity index (χ3v) is 4.48. The lowest BCUT2D eigenvalue weighted by atomic mass is 10.0. The number of hydrogen-bond donors (Lipinski definition) is 1. The molecule has 5 heteroatoms. The van der Waals surface area contributed by atoms with Crippen molar-refractivity contribution < 1.29 is 4.39 Å². The van der Waals surface area contributed by atoms with Gasteiger partial charge in [-0.15, -0.1) is 0 Å². The summed E-state index contributed by atoms with van der Waals surface area (Å²) in [5, 5.41) is 0. The Labute approximate surface area is 123 Å². The fourth-order valence-electron chi connectivity index (χ4n) is 3.45. The van der Waals surface area contributed by atoms with Crippen molar-refractivity contribution in [3.63, 3.8) is 0 Å². The molecule has 1 heterocycles. The number of halogens is 1. The quantitative estimate of drug-likeness (QED) is 0.924. The number of nitrogens with two attached hydrogens (primary N) is 1. The molecule has 1 saturated carbocycles. The average molecular weight is 289 g/mol. The summed E-state index contributed by atoms with van der Waals surface area (Å²) >= 11 is 0. The molecular weight excluding hydrogens is 269 g/mol. The van der Waals surface area contributed by atoms with Crippen molar-refractivity contribution in [2.75, 3.05) is 5.73 Å². The summed E-state index contributed by atoms with van der Waals surface area (Å²) in [5.74, 6) is 0.0483. The molecule has 0 bridgehead atoms. The number of anilines is 1. The van der Waals surface area contributed by atoms with Gasteiger partial charge in [-0.3, -0.25) is 9.48 Å². The van der Waals surface area contributed by atoms with E-state index in [-0.39, 0.29) is 11.4 Å². The minimum absolute atomic E-state index is 0.214. The molecule has 2 N–H and O–H groups in total. The Kier molecular flexibility index (Phi) is 3.35. The number of nitrogens with zero attached hydrogens (tertiary/aromatic N) is 2. The van der Waals surface area contributed by atoms with E-state index in [2.05, 4.69) is 0 Å². The maximum absolute atomic E-state index is 13.3. The molecule has 0 radical (unpaired) electrons. The second-order valence-corrected chi connectivity index (χ2v) is 5.85. The third kappa shape index (κ3) is 2.17. The summed E-state index contributed by atoms with van der Waals surface area (Å²) in [6, 6.07) is 4.43. The van der Waals surface area contributed by atoms with E-state index in [1.54, 1.807) is 17.7 Å². The summed E-state index contributed by atoms with van der Waals surface area (Å²) in [6.45, 7) is 1.79. The molecule has 0 aliphatic heterocycles. The van der Waals surface area contributed by atoms with Gasteiger partial charge in [-0.25, -0.2) is 9.07 Å². The Bertz CT molecular complexity index is 739. The Morgan fingerprint density at radius 1 is 1.29 bits per heavy atom. The zero-order chi connectivity index (χ0) is 15.1. The maximum Gasteiger partial charge on any atom is 0.294 e. The predicted molar refractivity (Wildman–Crippen MR) is 81.3 cm³/mol. The first-order chi connectivity index (χ1) is 10.0. The van der Waals surface area contributed by atoms with Gasteiger partial charge >= 0.3 is 0 Å². The van der Waals surface area contributed by atoms with Crippen molar-refractivity contribution in [1.82, 2.24) is 9.36 Å². The molecule has 4 nitrogen and oxygen atoms in total. The van der Waals surface area contributed by atoms with E-state index < -0.39 is 0 Å². The van der Waals surface area contributed by atoms with Gasteiger partial charge in [0, 0.05) is 13.0 Å². The Hall–Kier alpha value is -2.04. The lowest BCUT2D eigenvalue weighted by Gasteiger charge is -2.15. The van der Waals surface area contributed by atoms with Crippen molar-refractivity contribution in [3.8, 4) is 5.69 Å². The van der Waals surface area contributed by atoms with Crippen LogP contribution in [-0.4, -0.2) is 9.36 Å². The molecule has 112 valence electrons. The molecule has 1 aliphatic carbocycles. The van der Waals surface area contributed by atoms with Crippen LogP contribution >= 0.6 is 0 Å². The van der Waals surface area contributed by atoms with Gasteiger partial charge in [0.05, 0.1) is 11.4 Å². The molecule has 0 atom stereocenters. The highest BCUT2D eigenvalue weighted by atomic mass is 19.1. The second kappa shape index (κ2) is 5.06. The van der Waals surface area contributed by atoms with Crippen molar-refractivity contribution in [1.29, 1.82) is 0 Å². The first-order valence-electron chi connectivity index (χ1n) is 7.34. The van der Waals surface area contributed by atoms with Gasteiger partial charge < -0.3 is 5.73 Å². The normalized spacial score (nSPS) is 15.8. The molecule has 0 amide bonds. The fourth-order valence-corrected chi connectivity index (χ4v) is 3.45. The van der Waals surface area contributed by atoms with Crippen LogP contribution < -0.4 is 11.3 Å². The van der Waals surface area contributed by atoms with E-state index in [0.717, 1.165) is 24.1 Å². The van der Waals surface area contributed by atoms with Gasteiger partial charge in [-0.05, 0) is 43.5 Å². The van der Waals surface area contributed by atoms with E-state index in [1.165, 1.54) is 25.0 Å². The van der Waals surface area contributed by atoms with Gasteiger partial charge in [-0.1, -0.05) is 12.8 Å². The molecular formula is C16H20FN3O. The van der Waals surface area contributed by atoms with Gasteiger partial charge in [-0.2, -0.15) is 0 Å². The van der Waals surface area contributed by atoms with Gasteiger partial charge in [0.25, 0.3) is 5.56 Å². The van der Waals surface area contributed by atoms with E-state index >= 15 is 0 Å². The third-order valence-electron chi connectivity index (χ3n) is 4.48. The van der Waals surface area contributed by atoms with E-state index in [1.807, 2.05) is 11.7 Å².